The highest BCUT2D eigenvalue weighted by Crippen LogP contribution is 2.37. The van der Waals surface area contributed by atoms with Crippen LogP contribution >= 0.6 is 0 Å². The molecular formula is C13H22N2O2. The lowest BCUT2D eigenvalue weighted by atomic mass is 10.0. The summed E-state index contributed by atoms with van der Waals surface area (Å²) in [6.45, 7) is 6.16. The molecule has 1 aliphatic rings. The maximum Gasteiger partial charge on any atom is 0.232 e. The van der Waals surface area contributed by atoms with Crippen molar-refractivity contribution in [1.82, 2.24) is 10.1 Å². The number of nitrogens with zero attached hydrogens (tertiary/aromatic N) is 2. The molecule has 4 nitrogen and oxygen atoms in total. The molecule has 0 spiro atoms. The van der Waals surface area contributed by atoms with Gasteiger partial charge in [0.15, 0.2) is 5.82 Å². The maximum absolute atomic E-state index is 9.77. The molecule has 96 valence electrons. The highest BCUT2D eigenvalue weighted by Gasteiger charge is 2.28. The number of hydrogen-bond acceptors (Lipinski definition) is 4. The van der Waals surface area contributed by atoms with Crippen molar-refractivity contribution in [3.63, 3.8) is 0 Å². The lowest BCUT2D eigenvalue weighted by Crippen LogP contribution is -2.14. The third-order valence-corrected chi connectivity index (χ3v) is 3.90. The number of aliphatic hydroxyl groups is 1. The molecule has 4 unspecified atom stereocenters. The molecule has 1 aromatic rings. The molecule has 1 heterocycles. The average molecular weight is 238 g/mol. The van der Waals surface area contributed by atoms with Crippen molar-refractivity contribution in [3.05, 3.63) is 11.7 Å². The minimum atomic E-state index is -0.397. The van der Waals surface area contributed by atoms with Gasteiger partial charge in [0, 0.05) is 5.92 Å². The van der Waals surface area contributed by atoms with E-state index in [1.807, 2.05) is 13.8 Å². The second-order valence-electron chi connectivity index (χ2n) is 5.37. The molecule has 1 aromatic heterocycles. The molecule has 1 saturated carbocycles. The molecule has 0 aliphatic heterocycles. The normalized spacial score (nSPS) is 28.2. The topological polar surface area (TPSA) is 59.2 Å². The van der Waals surface area contributed by atoms with E-state index < -0.39 is 6.10 Å². The van der Waals surface area contributed by atoms with Gasteiger partial charge < -0.3 is 9.63 Å². The zero-order valence-corrected chi connectivity index (χ0v) is 10.9. The van der Waals surface area contributed by atoms with Crippen molar-refractivity contribution in [2.75, 3.05) is 0 Å². The van der Waals surface area contributed by atoms with Crippen molar-refractivity contribution in [3.8, 4) is 0 Å². The van der Waals surface area contributed by atoms with E-state index >= 15 is 0 Å². The minimum Gasteiger partial charge on any atom is -0.392 e. The minimum absolute atomic E-state index is 0.0694. The zero-order chi connectivity index (χ0) is 12.4. The Kier molecular flexibility index (Phi) is 3.82. The van der Waals surface area contributed by atoms with Crippen LogP contribution in [0.15, 0.2) is 4.52 Å². The Labute approximate surface area is 102 Å². The van der Waals surface area contributed by atoms with Gasteiger partial charge in [-0.15, -0.1) is 0 Å². The Bertz CT molecular complexity index is 348. The third-order valence-electron chi connectivity index (χ3n) is 3.90. The Morgan fingerprint density at radius 1 is 1.47 bits per heavy atom. The fraction of sp³-hybridized carbons (Fsp3) is 0.846. The molecule has 0 saturated heterocycles. The summed E-state index contributed by atoms with van der Waals surface area (Å²) in [5.41, 5.74) is 0. The van der Waals surface area contributed by atoms with Gasteiger partial charge in [0.25, 0.3) is 0 Å². The van der Waals surface area contributed by atoms with Crippen LogP contribution in [0.3, 0.4) is 0 Å². The predicted octanol–water partition coefficient (Wildman–Crippen LogP) is 2.85. The predicted molar refractivity (Wildman–Crippen MR) is 64.8 cm³/mol. The number of aromatic nitrogens is 2. The Balaban J connectivity index is 2.05. The monoisotopic (exact) mass is 238 g/mol. The van der Waals surface area contributed by atoms with E-state index in [9.17, 15) is 5.11 Å². The highest BCUT2D eigenvalue weighted by molar-refractivity contribution is 5.02. The number of aliphatic hydroxyl groups excluding tert-OH is 1. The summed E-state index contributed by atoms with van der Waals surface area (Å²) in [7, 11) is 0. The third kappa shape index (κ3) is 2.68. The molecule has 0 bridgehead atoms. The van der Waals surface area contributed by atoms with Crippen LogP contribution in [0.2, 0.25) is 0 Å². The van der Waals surface area contributed by atoms with Gasteiger partial charge in [-0.05, 0) is 31.6 Å². The molecule has 1 fully saturated rings. The van der Waals surface area contributed by atoms with E-state index in [-0.39, 0.29) is 5.92 Å². The van der Waals surface area contributed by atoms with Crippen LogP contribution < -0.4 is 0 Å². The summed E-state index contributed by atoms with van der Waals surface area (Å²) in [5.74, 6) is 2.56. The molecule has 0 aromatic carbocycles. The molecule has 0 radical (unpaired) electrons. The van der Waals surface area contributed by atoms with E-state index in [0.29, 0.717) is 18.2 Å². The zero-order valence-electron chi connectivity index (χ0n) is 10.9. The van der Waals surface area contributed by atoms with Gasteiger partial charge in [0.1, 0.15) is 0 Å². The van der Waals surface area contributed by atoms with E-state index in [0.717, 1.165) is 24.6 Å². The van der Waals surface area contributed by atoms with Crippen molar-refractivity contribution in [2.45, 2.75) is 64.4 Å². The maximum atomic E-state index is 9.77. The summed E-state index contributed by atoms with van der Waals surface area (Å²) in [6, 6.07) is 0. The Morgan fingerprint density at radius 3 is 2.82 bits per heavy atom. The van der Waals surface area contributed by atoms with Crippen LogP contribution in [-0.2, 0) is 0 Å². The summed E-state index contributed by atoms with van der Waals surface area (Å²) >= 11 is 0. The van der Waals surface area contributed by atoms with Gasteiger partial charge in [0.05, 0.1) is 12.0 Å². The van der Waals surface area contributed by atoms with Gasteiger partial charge in [0.2, 0.25) is 5.89 Å². The van der Waals surface area contributed by atoms with E-state index in [4.69, 9.17) is 4.52 Å². The van der Waals surface area contributed by atoms with Gasteiger partial charge in [-0.25, -0.2) is 0 Å². The van der Waals surface area contributed by atoms with Crippen LogP contribution in [0.25, 0.3) is 0 Å². The van der Waals surface area contributed by atoms with E-state index in [1.54, 1.807) is 0 Å². The van der Waals surface area contributed by atoms with Crippen LogP contribution in [0.5, 0.6) is 0 Å². The molecule has 17 heavy (non-hydrogen) atoms. The Hall–Kier alpha value is -0.900. The number of hydrogen-bond donors (Lipinski definition) is 1. The highest BCUT2D eigenvalue weighted by atomic mass is 16.5. The van der Waals surface area contributed by atoms with Gasteiger partial charge in [-0.3, -0.25) is 0 Å². The first kappa shape index (κ1) is 12.6. The first-order valence-corrected chi connectivity index (χ1v) is 6.63. The molecular weight excluding hydrogens is 216 g/mol. The summed E-state index contributed by atoms with van der Waals surface area (Å²) in [4.78, 5) is 4.46. The summed E-state index contributed by atoms with van der Waals surface area (Å²) < 4.78 is 5.28. The van der Waals surface area contributed by atoms with Gasteiger partial charge in [-0.1, -0.05) is 25.9 Å². The lowest BCUT2D eigenvalue weighted by Gasteiger charge is -2.12. The lowest BCUT2D eigenvalue weighted by molar-refractivity contribution is 0.129. The van der Waals surface area contributed by atoms with Crippen LogP contribution in [0.4, 0.5) is 0 Å². The molecule has 1 aliphatic carbocycles. The second-order valence-corrected chi connectivity index (χ2v) is 5.37. The van der Waals surface area contributed by atoms with Gasteiger partial charge in [-0.2, -0.15) is 4.98 Å². The first-order valence-electron chi connectivity index (χ1n) is 6.63. The van der Waals surface area contributed by atoms with Crippen molar-refractivity contribution >= 4 is 0 Å². The molecule has 4 atom stereocenters. The number of rotatable bonds is 4. The second kappa shape index (κ2) is 5.17. The van der Waals surface area contributed by atoms with Crippen LogP contribution in [-0.4, -0.2) is 21.4 Å². The molecule has 4 heteroatoms. The first-order chi connectivity index (χ1) is 8.11. The quantitative estimate of drug-likeness (QED) is 0.876. The summed E-state index contributed by atoms with van der Waals surface area (Å²) in [6.07, 6.45) is 3.88. The van der Waals surface area contributed by atoms with Crippen LogP contribution in [0.1, 0.15) is 70.0 Å². The van der Waals surface area contributed by atoms with Crippen molar-refractivity contribution < 1.29 is 9.63 Å². The van der Waals surface area contributed by atoms with E-state index in [2.05, 4.69) is 17.1 Å². The largest absolute Gasteiger partial charge is 0.392 e. The summed E-state index contributed by atoms with van der Waals surface area (Å²) in [5, 5.41) is 13.8. The van der Waals surface area contributed by atoms with Crippen LogP contribution in [0, 0.1) is 5.92 Å². The standard InChI is InChI=1S/C13H22N2O2/c1-4-11(16)9(3)13-14-12(15-17-13)10-6-5-8(2)7-10/h8-11,16H,4-7H2,1-3H3. The molecule has 2 rings (SSSR count). The molecule has 0 amide bonds. The van der Waals surface area contributed by atoms with Gasteiger partial charge >= 0.3 is 0 Å². The van der Waals surface area contributed by atoms with Crippen molar-refractivity contribution in [1.29, 1.82) is 0 Å². The van der Waals surface area contributed by atoms with Crippen molar-refractivity contribution in [2.24, 2.45) is 5.92 Å². The fourth-order valence-electron chi connectivity index (χ4n) is 2.56. The smallest absolute Gasteiger partial charge is 0.232 e. The molecule has 1 N–H and O–H groups in total. The van der Waals surface area contributed by atoms with E-state index in [1.165, 1.54) is 6.42 Å². The Morgan fingerprint density at radius 2 is 2.24 bits per heavy atom. The average Bonchev–Trinajstić information content (AvgIpc) is 2.95. The fourth-order valence-corrected chi connectivity index (χ4v) is 2.56. The SMILES string of the molecule is CCC(O)C(C)c1nc(C2CCC(C)C2)no1.